The molecule has 2 unspecified atom stereocenters. The molecule has 0 aliphatic heterocycles. The molecule has 0 heterocycles. The van der Waals surface area contributed by atoms with Gasteiger partial charge in [0.1, 0.15) is 0 Å². The summed E-state index contributed by atoms with van der Waals surface area (Å²) in [5.74, 6) is 0. The molecule has 2 atom stereocenters. The highest BCUT2D eigenvalue weighted by Crippen LogP contribution is 2.04. The summed E-state index contributed by atoms with van der Waals surface area (Å²) >= 11 is 0. The predicted octanol–water partition coefficient (Wildman–Crippen LogP) is 1.45. The van der Waals surface area contributed by atoms with Crippen LogP contribution in [0.4, 0.5) is 0 Å². The third kappa shape index (κ3) is 4.38. The van der Waals surface area contributed by atoms with E-state index in [4.69, 9.17) is 5.73 Å². The van der Waals surface area contributed by atoms with Crippen molar-refractivity contribution in [2.24, 2.45) is 5.73 Å². The Morgan fingerprint density at radius 1 is 1.36 bits per heavy atom. The summed E-state index contributed by atoms with van der Waals surface area (Å²) in [7, 11) is 2.15. The summed E-state index contributed by atoms with van der Waals surface area (Å²) < 4.78 is 0. The first-order chi connectivity index (χ1) is 5.11. The zero-order chi connectivity index (χ0) is 8.85. The molecule has 0 rings (SSSR count). The Bertz CT molecular complexity index is 93.6. The van der Waals surface area contributed by atoms with Crippen LogP contribution in [-0.2, 0) is 0 Å². The van der Waals surface area contributed by atoms with Gasteiger partial charge in [-0.1, -0.05) is 13.8 Å². The van der Waals surface area contributed by atoms with Crippen molar-refractivity contribution >= 4 is 0 Å². The van der Waals surface area contributed by atoms with E-state index in [0.29, 0.717) is 12.1 Å². The SMILES string of the molecule is CCC(N)CC(C)N(C)CC. The summed E-state index contributed by atoms with van der Waals surface area (Å²) in [5, 5.41) is 0. The standard InChI is InChI=1S/C9H22N2/c1-5-9(10)7-8(3)11(4)6-2/h8-9H,5-7,10H2,1-4H3. The zero-order valence-corrected chi connectivity index (χ0v) is 8.30. The van der Waals surface area contributed by atoms with Gasteiger partial charge in [-0.05, 0) is 33.4 Å². The zero-order valence-electron chi connectivity index (χ0n) is 8.30. The van der Waals surface area contributed by atoms with Crippen molar-refractivity contribution in [3.8, 4) is 0 Å². The average molecular weight is 158 g/mol. The van der Waals surface area contributed by atoms with Gasteiger partial charge in [-0.2, -0.15) is 0 Å². The largest absolute Gasteiger partial charge is 0.328 e. The van der Waals surface area contributed by atoms with E-state index in [-0.39, 0.29) is 0 Å². The molecule has 0 aliphatic rings. The molecule has 0 amide bonds. The topological polar surface area (TPSA) is 29.3 Å². The van der Waals surface area contributed by atoms with Crippen LogP contribution in [0.5, 0.6) is 0 Å². The Morgan fingerprint density at radius 2 is 1.91 bits per heavy atom. The first-order valence-corrected chi connectivity index (χ1v) is 4.57. The molecule has 2 heteroatoms. The van der Waals surface area contributed by atoms with Crippen LogP contribution in [-0.4, -0.2) is 30.6 Å². The molecule has 0 aromatic carbocycles. The lowest BCUT2D eigenvalue weighted by Crippen LogP contribution is -2.34. The van der Waals surface area contributed by atoms with Crippen LogP contribution in [0.1, 0.15) is 33.6 Å². The normalized spacial score (nSPS) is 16.9. The van der Waals surface area contributed by atoms with E-state index in [1.807, 2.05) is 0 Å². The molecule has 0 saturated heterocycles. The van der Waals surface area contributed by atoms with Crippen LogP contribution in [0.2, 0.25) is 0 Å². The highest BCUT2D eigenvalue weighted by atomic mass is 15.1. The van der Waals surface area contributed by atoms with Crippen LogP contribution >= 0.6 is 0 Å². The number of nitrogens with two attached hydrogens (primary N) is 1. The first kappa shape index (κ1) is 10.9. The molecule has 0 fully saturated rings. The van der Waals surface area contributed by atoms with E-state index < -0.39 is 0 Å². The summed E-state index contributed by atoms with van der Waals surface area (Å²) in [6.45, 7) is 7.66. The Labute approximate surface area is 70.8 Å². The summed E-state index contributed by atoms with van der Waals surface area (Å²) in [5.41, 5.74) is 5.84. The Morgan fingerprint density at radius 3 is 2.27 bits per heavy atom. The van der Waals surface area contributed by atoms with E-state index in [2.05, 4.69) is 32.7 Å². The monoisotopic (exact) mass is 158 g/mol. The van der Waals surface area contributed by atoms with Crippen molar-refractivity contribution in [2.75, 3.05) is 13.6 Å². The second-order valence-electron chi connectivity index (χ2n) is 3.33. The second-order valence-corrected chi connectivity index (χ2v) is 3.33. The second kappa shape index (κ2) is 5.56. The Kier molecular flexibility index (Phi) is 5.51. The van der Waals surface area contributed by atoms with Crippen molar-refractivity contribution in [3.05, 3.63) is 0 Å². The van der Waals surface area contributed by atoms with Gasteiger partial charge in [-0.3, -0.25) is 0 Å². The fourth-order valence-corrected chi connectivity index (χ4v) is 1.10. The van der Waals surface area contributed by atoms with Gasteiger partial charge in [-0.15, -0.1) is 0 Å². The Hall–Kier alpha value is -0.0800. The minimum Gasteiger partial charge on any atom is -0.328 e. The molecule has 2 nitrogen and oxygen atoms in total. The molecule has 0 aliphatic carbocycles. The van der Waals surface area contributed by atoms with Gasteiger partial charge in [0.05, 0.1) is 0 Å². The predicted molar refractivity (Wildman–Crippen MR) is 50.6 cm³/mol. The molecule has 2 N–H and O–H groups in total. The van der Waals surface area contributed by atoms with Gasteiger partial charge in [0.2, 0.25) is 0 Å². The average Bonchev–Trinajstić information content (AvgIpc) is 2.02. The summed E-state index contributed by atoms with van der Waals surface area (Å²) in [6, 6.07) is 0.994. The van der Waals surface area contributed by atoms with E-state index in [1.54, 1.807) is 0 Å². The lowest BCUT2D eigenvalue weighted by atomic mass is 10.1. The smallest absolute Gasteiger partial charge is 0.00784 e. The third-order valence-corrected chi connectivity index (χ3v) is 2.42. The summed E-state index contributed by atoms with van der Waals surface area (Å²) in [6.07, 6.45) is 2.20. The van der Waals surface area contributed by atoms with Gasteiger partial charge in [0, 0.05) is 12.1 Å². The number of hydrogen-bond donors (Lipinski definition) is 1. The minimum absolute atomic E-state index is 0.374. The molecule has 0 saturated carbocycles. The molecule has 0 bridgehead atoms. The fourth-order valence-electron chi connectivity index (χ4n) is 1.10. The van der Waals surface area contributed by atoms with Crippen molar-refractivity contribution in [1.82, 2.24) is 4.90 Å². The fraction of sp³-hybridized carbons (Fsp3) is 1.00. The molecule has 0 radical (unpaired) electrons. The quantitative estimate of drug-likeness (QED) is 0.656. The lowest BCUT2D eigenvalue weighted by Gasteiger charge is -2.25. The van der Waals surface area contributed by atoms with E-state index in [1.165, 1.54) is 0 Å². The van der Waals surface area contributed by atoms with Crippen LogP contribution < -0.4 is 5.73 Å². The van der Waals surface area contributed by atoms with Crippen LogP contribution in [0.3, 0.4) is 0 Å². The van der Waals surface area contributed by atoms with Gasteiger partial charge < -0.3 is 10.6 Å². The highest BCUT2D eigenvalue weighted by Gasteiger charge is 2.10. The first-order valence-electron chi connectivity index (χ1n) is 4.57. The lowest BCUT2D eigenvalue weighted by molar-refractivity contribution is 0.246. The van der Waals surface area contributed by atoms with Crippen LogP contribution in [0.15, 0.2) is 0 Å². The van der Waals surface area contributed by atoms with E-state index in [9.17, 15) is 0 Å². The maximum Gasteiger partial charge on any atom is 0.00784 e. The van der Waals surface area contributed by atoms with Crippen molar-refractivity contribution in [1.29, 1.82) is 0 Å². The van der Waals surface area contributed by atoms with Crippen molar-refractivity contribution in [2.45, 2.75) is 45.7 Å². The van der Waals surface area contributed by atoms with Crippen LogP contribution in [0.25, 0.3) is 0 Å². The van der Waals surface area contributed by atoms with Crippen molar-refractivity contribution in [3.63, 3.8) is 0 Å². The maximum atomic E-state index is 5.84. The molecule has 11 heavy (non-hydrogen) atoms. The molecule has 0 aromatic heterocycles. The molecule has 0 aromatic rings. The third-order valence-electron chi connectivity index (χ3n) is 2.42. The highest BCUT2D eigenvalue weighted by molar-refractivity contribution is 4.69. The van der Waals surface area contributed by atoms with Crippen molar-refractivity contribution < 1.29 is 0 Å². The summed E-state index contributed by atoms with van der Waals surface area (Å²) in [4.78, 5) is 2.33. The minimum atomic E-state index is 0.374. The molecule has 68 valence electrons. The Balaban J connectivity index is 3.58. The van der Waals surface area contributed by atoms with Gasteiger partial charge >= 0.3 is 0 Å². The van der Waals surface area contributed by atoms with E-state index >= 15 is 0 Å². The van der Waals surface area contributed by atoms with Crippen LogP contribution in [0, 0.1) is 0 Å². The number of nitrogens with zero attached hydrogens (tertiary/aromatic N) is 1. The molecular formula is C9H22N2. The number of hydrogen-bond acceptors (Lipinski definition) is 2. The van der Waals surface area contributed by atoms with Gasteiger partial charge in [0.25, 0.3) is 0 Å². The van der Waals surface area contributed by atoms with Gasteiger partial charge in [0.15, 0.2) is 0 Å². The maximum absolute atomic E-state index is 5.84. The van der Waals surface area contributed by atoms with E-state index in [0.717, 1.165) is 19.4 Å². The molecular weight excluding hydrogens is 136 g/mol. The van der Waals surface area contributed by atoms with Gasteiger partial charge in [-0.25, -0.2) is 0 Å². The number of rotatable bonds is 5. The molecule has 0 spiro atoms.